The molecule has 0 aliphatic carbocycles. The van der Waals surface area contributed by atoms with E-state index in [4.69, 9.17) is 22.1 Å². The first kappa shape index (κ1) is 19.1. The van der Waals surface area contributed by atoms with E-state index in [0.29, 0.717) is 27.4 Å². The number of halogens is 1. The second kappa shape index (κ2) is 6.68. The lowest BCUT2D eigenvalue weighted by Gasteiger charge is -2.30. The second-order valence-electron chi connectivity index (χ2n) is 7.28. The summed E-state index contributed by atoms with van der Waals surface area (Å²) in [5.41, 5.74) is 5.93. The molecular formula is C19H21ClN4O4. The Hall–Kier alpha value is -2.23. The fourth-order valence-corrected chi connectivity index (χ4v) is 3.99. The van der Waals surface area contributed by atoms with Gasteiger partial charge in [-0.3, -0.25) is 0 Å². The summed E-state index contributed by atoms with van der Waals surface area (Å²) >= 11 is 5.99. The molecule has 1 aliphatic rings. The van der Waals surface area contributed by atoms with Crippen molar-refractivity contribution in [3.05, 3.63) is 52.9 Å². The molecule has 8 nitrogen and oxygen atoms in total. The molecule has 3 aromatic rings. The molecule has 1 fully saturated rings. The summed E-state index contributed by atoms with van der Waals surface area (Å²) < 4.78 is 7.54. The minimum Gasteiger partial charge on any atom is -0.386 e. The van der Waals surface area contributed by atoms with Gasteiger partial charge in [0.15, 0.2) is 6.23 Å². The van der Waals surface area contributed by atoms with E-state index in [-0.39, 0.29) is 0 Å². The molecule has 3 heterocycles. The van der Waals surface area contributed by atoms with Crippen LogP contribution in [0.25, 0.3) is 11.0 Å². The number of aromatic nitrogens is 3. The number of hydrogen-bond acceptors (Lipinski definition) is 7. The molecule has 2 aromatic heterocycles. The smallest absolute Gasteiger partial charge is 0.164 e. The summed E-state index contributed by atoms with van der Waals surface area (Å²) in [5, 5.41) is 33.8. The molecule has 0 bridgehead atoms. The number of anilines is 1. The molecule has 4 rings (SSSR count). The highest BCUT2D eigenvalue weighted by Gasteiger charge is 2.56. The maximum absolute atomic E-state index is 11.0. The lowest BCUT2D eigenvalue weighted by atomic mass is 9.87. The molecule has 5 N–H and O–H groups in total. The number of aliphatic hydroxyl groups is 3. The zero-order valence-corrected chi connectivity index (χ0v) is 16.1. The van der Waals surface area contributed by atoms with Crippen molar-refractivity contribution >= 4 is 28.5 Å². The van der Waals surface area contributed by atoms with Gasteiger partial charge in [-0.1, -0.05) is 17.7 Å². The Morgan fingerprint density at radius 2 is 2.07 bits per heavy atom. The van der Waals surface area contributed by atoms with E-state index in [9.17, 15) is 15.3 Å². The van der Waals surface area contributed by atoms with Crippen molar-refractivity contribution in [3.63, 3.8) is 0 Å². The van der Waals surface area contributed by atoms with E-state index in [2.05, 4.69) is 9.97 Å². The lowest BCUT2D eigenvalue weighted by molar-refractivity contribution is -0.115. The first-order valence-corrected chi connectivity index (χ1v) is 9.16. The fraction of sp³-hybridized carbons (Fsp3) is 0.368. The van der Waals surface area contributed by atoms with Crippen molar-refractivity contribution in [1.82, 2.24) is 14.5 Å². The van der Waals surface area contributed by atoms with Crippen molar-refractivity contribution in [3.8, 4) is 0 Å². The fourth-order valence-electron chi connectivity index (χ4n) is 3.76. The van der Waals surface area contributed by atoms with Gasteiger partial charge in [-0.2, -0.15) is 0 Å². The third-order valence-electron chi connectivity index (χ3n) is 5.38. The van der Waals surface area contributed by atoms with Gasteiger partial charge in [0.1, 0.15) is 41.7 Å². The van der Waals surface area contributed by atoms with Crippen LogP contribution in [-0.2, 0) is 4.74 Å². The number of ether oxygens (including phenoxy) is 1. The molecule has 0 spiro atoms. The average Bonchev–Trinajstić information content (AvgIpc) is 3.15. The number of nitrogens with zero attached hydrogens (tertiary/aromatic N) is 3. The number of benzene rings is 1. The monoisotopic (exact) mass is 404 g/mol. The van der Waals surface area contributed by atoms with Crippen molar-refractivity contribution in [2.24, 2.45) is 0 Å². The van der Waals surface area contributed by atoms with Crippen LogP contribution in [0.2, 0.25) is 5.02 Å². The van der Waals surface area contributed by atoms with Crippen LogP contribution in [0.3, 0.4) is 0 Å². The van der Waals surface area contributed by atoms with Gasteiger partial charge in [-0.25, -0.2) is 9.97 Å². The molecule has 148 valence electrons. The van der Waals surface area contributed by atoms with E-state index >= 15 is 0 Å². The number of aliphatic hydroxyl groups excluding tert-OH is 2. The Morgan fingerprint density at radius 3 is 2.79 bits per heavy atom. The minimum absolute atomic E-state index is 0.302. The van der Waals surface area contributed by atoms with Crippen LogP contribution in [0, 0.1) is 6.92 Å². The quantitative estimate of drug-likeness (QED) is 0.523. The number of nitrogens with two attached hydrogens (primary N) is 1. The van der Waals surface area contributed by atoms with Crippen LogP contribution in [0.4, 0.5) is 5.82 Å². The van der Waals surface area contributed by atoms with Crippen LogP contribution in [0.5, 0.6) is 0 Å². The molecule has 1 aromatic carbocycles. The largest absolute Gasteiger partial charge is 0.386 e. The molecule has 0 amide bonds. The Labute approximate surface area is 166 Å². The maximum Gasteiger partial charge on any atom is 0.164 e. The molecule has 0 saturated carbocycles. The van der Waals surface area contributed by atoms with Gasteiger partial charge in [0, 0.05) is 11.2 Å². The van der Waals surface area contributed by atoms with E-state index in [1.165, 1.54) is 13.3 Å². The first-order valence-electron chi connectivity index (χ1n) is 8.79. The summed E-state index contributed by atoms with van der Waals surface area (Å²) in [7, 11) is 0. The van der Waals surface area contributed by atoms with Gasteiger partial charge in [-0.15, -0.1) is 0 Å². The van der Waals surface area contributed by atoms with E-state index in [1.54, 1.807) is 42.0 Å². The van der Waals surface area contributed by atoms with Crippen molar-refractivity contribution < 1.29 is 20.1 Å². The lowest BCUT2D eigenvalue weighted by Crippen LogP contribution is -2.47. The number of aryl methyl sites for hydroxylation is 1. The van der Waals surface area contributed by atoms with E-state index < -0.39 is 30.1 Å². The van der Waals surface area contributed by atoms with Crippen LogP contribution in [-0.4, -0.2) is 47.7 Å². The minimum atomic E-state index is -1.72. The highest BCUT2D eigenvalue weighted by atomic mass is 35.5. The van der Waals surface area contributed by atoms with Gasteiger partial charge in [0.25, 0.3) is 0 Å². The van der Waals surface area contributed by atoms with Gasteiger partial charge >= 0.3 is 0 Å². The molecule has 9 heteroatoms. The number of nitrogen functional groups attached to an aromatic ring is 1. The first-order chi connectivity index (χ1) is 13.2. The van der Waals surface area contributed by atoms with Crippen LogP contribution in [0.15, 0.2) is 36.8 Å². The average molecular weight is 405 g/mol. The SMILES string of the molecule is Cc1cc(Cl)ccc1[C@@H](O)[C@H]1O[C@@H](n2ccc3c(N)ncnc32)[C@H](O)[C@]1(C)O. The second-order valence-corrected chi connectivity index (χ2v) is 7.72. The van der Waals surface area contributed by atoms with Crippen molar-refractivity contribution in [1.29, 1.82) is 0 Å². The maximum atomic E-state index is 11.0. The summed E-state index contributed by atoms with van der Waals surface area (Å²) in [6.45, 7) is 3.24. The van der Waals surface area contributed by atoms with Gasteiger partial charge in [0.05, 0.1) is 5.39 Å². The summed E-state index contributed by atoms with van der Waals surface area (Å²) in [6, 6.07) is 6.77. The normalized spacial score (nSPS) is 28.7. The predicted octanol–water partition coefficient (Wildman–Crippen LogP) is 1.72. The van der Waals surface area contributed by atoms with Gasteiger partial charge in [-0.05, 0) is 43.2 Å². The van der Waals surface area contributed by atoms with E-state index in [0.717, 1.165) is 5.56 Å². The molecule has 1 saturated heterocycles. The molecule has 0 radical (unpaired) electrons. The molecule has 5 atom stereocenters. The van der Waals surface area contributed by atoms with Crippen LogP contribution >= 0.6 is 11.6 Å². The number of rotatable bonds is 3. The van der Waals surface area contributed by atoms with Crippen LogP contribution < -0.4 is 5.73 Å². The number of fused-ring (bicyclic) bond motifs is 1. The van der Waals surface area contributed by atoms with Crippen molar-refractivity contribution in [2.45, 2.75) is 44.0 Å². The summed E-state index contributed by atoms with van der Waals surface area (Å²) in [5.74, 6) is 0.302. The topological polar surface area (TPSA) is 127 Å². The zero-order chi connectivity index (χ0) is 20.2. The van der Waals surface area contributed by atoms with Crippen LogP contribution in [0.1, 0.15) is 30.4 Å². The molecule has 28 heavy (non-hydrogen) atoms. The third kappa shape index (κ3) is 2.85. The Balaban J connectivity index is 1.72. The standard InChI is InChI=1S/C19H21ClN4O4/c1-9-7-10(20)3-4-11(9)13(25)15-19(2,27)14(26)18(28-15)24-6-5-12-16(21)22-8-23-17(12)24/h3-8,13-15,18,25-27H,1-2H3,(H2,21,22,23)/t13-,14+,15-,18-,19+/m1/s1. The van der Waals surface area contributed by atoms with Gasteiger partial charge in [0.2, 0.25) is 0 Å². The zero-order valence-electron chi connectivity index (χ0n) is 15.3. The third-order valence-corrected chi connectivity index (χ3v) is 5.62. The Bertz CT molecular complexity index is 1040. The number of hydrogen-bond donors (Lipinski definition) is 4. The molecule has 1 aliphatic heterocycles. The Kier molecular flexibility index (Phi) is 4.56. The van der Waals surface area contributed by atoms with Crippen molar-refractivity contribution in [2.75, 3.05) is 5.73 Å². The predicted molar refractivity (Wildman–Crippen MR) is 104 cm³/mol. The molecular weight excluding hydrogens is 384 g/mol. The highest BCUT2D eigenvalue weighted by Crippen LogP contribution is 2.44. The Morgan fingerprint density at radius 1 is 1.32 bits per heavy atom. The summed E-state index contributed by atoms with van der Waals surface area (Å²) in [4.78, 5) is 8.15. The van der Waals surface area contributed by atoms with Gasteiger partial charge < -0.3 is 30.4 Å². The molecule has 0 unspecified atom stereocenters. The summed E-state index contributed by atoms with van der Waals surface area (Å²) in [6.07, 6.45) is -1.56. The highest BCUT2D eigenvalue weighted by molar-refractivity contribution is 6.30. The van der Waals surface area contributed by atoms with E-state index in [1.807, 2.05) is 0 Å².